The minimum atomic E-state index is -4.18. The molecule has 0 aliphatic heterocycles. The van der Waals surface area contributed by atoms with Gasteiger partial charge in [-0.05, 0) is 24.4 Å². The second kappa shape index (κ2) is 4.11. The maximum atomic E-state index is 12.4. The molecule has 0 saturated carbocycles. The van der Waals surface area contributed by atoms with Gasteiger partial charge in [0.2, 0.25) is 0 Å². The Kier molecular flexibility index (Phi) is 3.33. The van der Waals surface area contributed by atoms with E-state index in [1.807, 2.05) is 0 Å². The van der Waals surface area contributed by atoms with E-state index in [0.29, 0.717) is 4.88 Å². The first-order valence-corrected chi connectivity index (χ1v) is 4.74. The van der Waals surface area contributed by atoms with E-state index in [-0.39, 0.29) is 13.0 Å². The Morgan fingerprint density at radius 3 is 2.54 bits per heavy atom. The molecule has 74 valence electrons. The van der Waals surface area contributed by atoms with Crippen LogP contribution in [0.3, 0.4) is 0 Å². The third-order valence-electron chi connectivity index (χ3n) is 1.74. The molecule has 0 fully saturated rings. The highest BCUT2D eigenvalue weighted by Crippen LogP contribution is 2.38. The lowest BCUT2D eigenvalue weighted by Crippen LogP contribution is -2.22. The highest BCUT2D eigenvalue weighted by atomic mass is 32.1. The predicted molar refractivity (Wildman–Crippen MR) is 46.8 cm³/mol. The van der Waals surface area contributed by atoms with Crippen molar-refractivity contribution in [1.29, 1.82) is 0 Å². The molecule has 1 atom stereocenters. The molecule has 0 saturated heterocycles. The van der Waals surface area contributed by atoms with Crippen LogP contribution in [0.5, 0.6) is 0 Å². The molecule has 1 rings (SSSR count). The van der Waals surface area contributed by atoms with E-state index in [4.69, 9.17) is 5.73 Å². The van der Waals surface area contributed by atoms with Crippen LogP contribution in [0.25, 0.3) is 0 Å². The van der Waals surface area contributed by atoms with Crippen LogP contribution in [0.4, 0.5) is 13.2 Å². The molecular formula is C8H10F3NS. The predicted octanol–water partition coefficient (Wildman–Crippen LogP) is 2.74. The normalized spacial score (nSPS) is 14.5. The quantitative estimate of drug-likeness (QED) is 0.813. The van der Waals surface area contributed by atoms with Crippen molar-refractivity contribution in [2.75, 3.05) is 6.54 Å². The van der Waals surface area contributed by atoms with Crippen LogP contribution in [0.1, 0.15) is 17.2 Å². The van der Waals surface area contributed by atoms with Crippen molar-refractivity contribution >= 4 is 11.3 Å². The SMILES string of the molecule is NCCC(c1cccs1)C(F)(F)F. The molecule has 0 bridgehead atoms. The van der Waals surface area contributed by atoms with Crippen molar-refractivity contribution in [3.63, 3.8) is 0 Å². The largest absolute Gasteiger partial charge is 0.396 e. The number of rotatable bonds is 3. The Bertz CT molecular complexity index is 242. The molecule has 1 aromatic heterocycles. The second-order valence-electron chi connectivity index (χ2n) is 2.69. The summed E-state index contributed by atoms with van der Waals surface area (Å²) >= 11 is 1.12. The zero-order valence-corrected chi connectivity index (χ0v) is 7.66. The van der Waals surface area contributed by atoms with E-state index in [9.17, 15) is 13.2 Å². The summed E-state index contributed by atoms with van der Waals surface area (Å²) in [6.07, 6.45) is -4.21. The van der Waals surface area contributed by atoms with Crippen molar-refractivity contribution in [2.45, 2.75) is 18.5 Å². The molecule has 0 radical (unpaired) electrons. The monoisotopic (exact) mass is 209 g/mol. The third-order valence-corrected chi connectivity index (χ3v) is 2.72. The Labute approximate surface area is 78.4 Å². The molecule has 1 unspecified atom stereocenters. The summed E-state index contributed by atoms with van der Waals surface area (Å²) in [5, 5.41) is 1.64. The van der Waals surface area contributed by atoms with Gasteiger partial charge in [0.15, 0.2) is 0 Å². The van der Waals surface area contributed by atoms with Crippen LogP contribution in [0.2, 0.25) is 0 Å². The topological polar surface area (TPSA) is 26.0 Å². The summed E-state index contributed by atoms with van der Waals surface area (Å²) in [5.41, 5.74) is 5.14. The number of halogens is 3. The molecule has 13 heavy (non-hydrogen) atoms. The van der Waals surface area contributed by atoms with Gasteiger partial charge in [-0.15, -0.1) is 11.3 Å². The minimum Gasteiger partial charge on any atom is -0.330 e. The number of alkyl halides is 3. The van der Waals surface area contributed by atoms with Gasteiger partial charge >= 0.3 is 6.18 Å². The third kappa shape index (κ3) is 2.70. The van der Waals surface area contributed by atoms with E-state index < -0.39 is 12.1 Å². The second-order valence-corrected chi connectivity index (χ2v) is 3.67. The first-order chi connectivity index (χ1) is 6.05. The van der Waals surface area contributed by atoms with Gasteiger partial charge in [0.05, 0.1) is 5.92 Å². The van der Waals surface area contributed by atoms with Crippen molar-refractivity contribution in [1.82, 2.24) is 0 Å². The average molecular weight is 209 g/mol. The molecule has 5 heteroatoms. The van der Waals surface area contributed by atoms with Crippen LogP contribution < -0.4 is 5.73 Å². The Hall–Kier alpha value is -0.550. The summed E-state index contributed by atoms with van der Waals surface area (Å²) in [7, 11) is 0. The lowest BCUT2D eigenvalue weighted by Gasteiger charge is -2.17. The summed E-state index contributed by atoms with van der Waals surface area (Å²) in [5.74, 6) is -1.39. The molecule has 0 aliphatic carbocycles. The Balaban J connectivity index is 2.81. The first kappa shape index (κ1) is 10.5. The van der Waals surface area contributed by atoms with Crippen LogP contribution in [-0.2, 0) is 0 Å². The fourth-order valence-electron chi connectivity index (χ4n) is 1.12. The highest BCUT2D eigenvalue weighted by molar-refractivity contribution is 7.10. The zero-order valence-electron chi connectivity index (χ0n) is 6.84. The van der Waals surface area contributed by atoms with Gasteiger partial charge in [0.25, 0.3) is 0 Å². The zero-order chi connectivity index (χ0) is 9.90. The summed E-state index contributed by atoms with van der Waals surface area (Å²) < 4.78 is 37.3. The molecule has 0 aromatic carbocycles. The van der Waals surface area contributed by atoms with Crippen LogP contribution in [0.15, 0.2) is 17.5 Å². The first-order valence-electron chi connectivity index (χ1n) is 3.86. The van der Waals surface area contributed by atoms with Crippen molar-refractivity contribution < 1.29 is 13.2 Å². The van der Waals surface area contributed by atoms with Gasteiger partial charge in [-0.1, -0.05) is 6.07 Å². The lowest BCUT2D eigenvalue weighted by molar-refractivity contribution is -0.150. The summed E-state index contributed by atoms with van der Waals surface area (Å²) in [6, 6.07) is 3.12. The molecule has 1 heterocycles. The average Bonchev–Trinajstić information content (AvgIpc) is 2.49. The van der Waals surface area contributed by atoms with Gasteiger partial charge < -0.3 is 5.73 Å². The van der Waals surface area contributed by atoms with Crippen molar-refractivity contribution in [3.05, 3.63) is 22.4 Å². The van der Waals surface area contributed by atoms with Crippen molar-refractivity contribution in [3.8, 4) is 0 Å². The minimum absolute atomic E-state index is 0.0377. The molecule has 0 spiro atoms. The van der Waals surface area contributed by atoms with E-state index >= 15 is 0 Å². The standard InChI is InChI=1S/C8H10F3NS/c9-8(10,11)6(3-4-12)7-2-1-5-13-7/h1-2,5-6H,3-4,12H2. The van der Waals surface area contributed by atoms with Crippen molar-refractivity contribution in [2.24, 2.45) is 5.73 Å². The maximum absolute atomic E-state index is 12.4. The summed E-state index contributed by atoms with van der Waals surface area (Å²) in [6.45, 7) is 0.0576. The summed E-state index contributed by atoms with van der Waals surface area (Å²) in [4.78, 5) is 0.345. The molecule has 0 aliphatic rings. The molecule has 1 aromatic rings. The highest BCUT2D eigenvalue weighted by Gasteiger charge is 2.40. The van der Waals surface area contributed by atoms with E-state index in [1.165, 1.54) is 6.07 Å². The van der Waals surface area contributed by atoms with Crippen LogP contribution >= 0.6 is 11.3 Å². The van der Waals surface area contributed by atoms with Gasteiger partial charge in [-0.3, -0.25) is 0 Å². The fourth-order valence-corrected chi connectivity index (χ4v) is 2.01. The molecular weight excluding hydrogens is 199 g/mol. The van der Waals surface area contributed by atoms with Crippen LogP contribution in [-0.4, -0.2) is 12.7 Å². The number of hydrogen-bond acceptors (Lipinski definition) is 2. The number of thiophene rings is 1. The van der Waals surface area contributed by atoms with Gasteiger partial charge in [-0.25, -0.2) is 0 Å². The lowest BCUT2D eigenvalue weighted by atomic mass is 10.0. The Morgan fingerprint density at radius 1 is 1.46 bits per heavy atom. The number of nitrogens with two attached hydrogens (primary N) is 1. The molecule has 1 nitrogen and oxygen atoms in total. The van der Waals surface area contributed by atoms with Crippen LogP contribution in [0, 0.1) is 0 Å². The van der Waals surface area contributed by atoms with Gasteiger partial charge in [0, 0.05) is 4.88 Å². The maximum Gasteiger partial charge on any atom is 0.396 e. The van der Waals surface area contributed by atoms with Gasteiger partial charge in [-0.2, -0.15) is 13.2 Å². The van der Waals surface area contributed by atoms with Gasteiger partial charge in [0.1, 0.15) is 0 Å². The molecule has 0 amide bonds. The Morgan fingerprint density at radius 2 is 2.15 bits per heavy atom. The smallest absolute Gasteiger partial charge is 0.330 e. The van der Waals surface area contributed by atoms with E-state index in [0.717, 1.165) is 11.3 Å². The number of hydrogen-bond donors (Lipinski definition) is 1. The van der Waals surface area contributed by atoms with E-state index in [2.05, 4.69) is 0 Å². The van der Waals surface area contributed by atoms with E-state index in [1.54, 1.807) is 11.4 Å². The fraction of sp³-hybridized carbons (Fsp3) is 0.500. The molecule has 2 N–H and O–H groups in total.